The summed E-state index contributed by atoms with van der Waals surface area (Å²) >= 11 is 6.04. The summed E-state index contributed by atoms with van der Waals surface area (Å²) in [5.41, 5.74) is -0.564. The van der Waals surface area contributed by atoms with Crippen LogP contribution in [0.1, 0.15) is 38.3 Å². The maximum absolute atomic E-state index is 13.7. The first-order chi connectivity index (χ1) is 13.2. The minimum atomic E-state index is -0.973. The molecule has 1 aromatic heterocycles. The van der Waals surface area contributed by atoms with E-state index in [1.807, 2.05) is 0 Å². The highest BCUT2D eigenvalue weighted by atomic mass is 35.5. The van der Waals surface area contributed by atoms with E-state index in [0.717, 1.165) is 6.07 Å². The Bertz CT molecular complexity index is 918. The van der Waals surface area contributed by atoms with Crippen LogP contribution in [0.2, 0.25) is 5.02 Å². The molecule has 1 aromatic carbocycles. The maximum atomic E-state index is 13.7. The van der Waals surface area contributed by atoms with Crippen molar-refractivity contribution in [1.82, 2.24) is 9.55 Å². The first-order valence-corrected chi connectivity index (χ1v) is 8.81. The normalized spacial score (nSPS) is 10.9. The Balaban J connectivity index is 2.25. The van der Waals surface area contributed by atoms with Crippen molar-refractivity contribution in [3.05, 3.63) is 50.8 Å². The first kappa shape index (κ1) is 21.6. The molecule has 2 rings (SSSR count). The van der Waals surface area contributed by atoms with Gasteiger partial charge in [-0.3, -0.25) is 14.2 Å². The Kier molecular flexibility index (Phi) is 7.33. The third-order valence-electron chi connectivity index (χ3n) is 3.66. The molecule has 0 aliphatic carbocycles. The van der Waals surface area contributed by atoms with Gasteiger partial charge < -0.3 is 14.6 Å². The van der Waals surface area contributed by atoms with Gasteiger partial charge in [0.05, 0.1) is 6.61 Å². The first-order valence-electron chi connectivity index (χ1n) is 8.44. The number of nitrogens with zero attached hydrogens (tertiary/aromatic N) is 2. The molecule has 7 nitrogen and oxygen atoms in total. The molecular weight excluding hydrogens is 398 g/mol. The zero-order valence-corrected chi connectivity index (χ0v) is 16.0. The lowest BCUT2D eigenvalue weighted by Gasteiger charge is -2.17. The fraction of sp³-hybridized carbons (Fsp3) is 0.389. The number of aliphatic carboxylic acids is 1. The zero-order chi connectivity index (χ0) is 20.8. The van der Waals surface area contributed by atoms with Crippen LogP contribution in [0.4, 0.5) is 8.78 Å². The second kappa shape index (κ2) is 9.50. The number of halogens is 3. The van der Waals surface area contributed by atoms with Crippen molar-refractivity contribution < 1.29 is 28.2 Å². The SMILES string of the molecule is CC(C)n1c(OCCCC(=O)O)nc(OCc2ccc(F)cc2F)c(Cl)c1=O. The number of hydrogen-bond donors (Lipinski definition) is 1. The van der Waals surface area contributed by atoms with E-state index in [4.69, 9.17) is 26.2 Å². The predicted octanol–water partition coefficient (Wildman–Crippen LogP) is 3.58. The monoisotopic (exact) mass is 416 g/mol. The summed E-state index contributed by atoms with van der Waals surface area (Å²) in [6.07, 6.45) is 0.107. The lowest BCUT2D eigenvalue weighted by atomic mass is 10.2. The molecule has 0 saturated heterocycles. The third-order valence-corrected chi connectivity index (χ3v) is 3.98. The lowest BCUT2D eigenvalue weighted by Crippen LogP contribution is -2.26. The average molecular weight is 417 g/mol. The van der Waals surface area contributed by atoms with Crippen molar-refractivity contribution in [3.8, 4) is 11.9 Å². The molecule has 0 aliphatic rings. The molecular formula is C18H19ClF2N2O5. The van der Waals surface area contributed by atoms with Crippen LogP contribution < -0.4 is 15.0 Å². The minimum Gasteiger partial charge on any atom is -0.481 e. The molecule has 152 valence electrons. The summed E-state index contributed by atoms with van der Waals surface area (Å²) in [5.74, 6) is -2.77. The Morgan fingerprint density at radius 3 is 2.64 bits per heavy atom. The van der Waals surface area contributed by atoms with Gasteiger partial charge in [0.25, 0.3) is 5.56 Å². The summed E-state index contributed by atoms with van der Waals surface area (Å²) in [6.45, 7) is 3.12. The number of carboxylic acids is 1. The molecule has 0 unspecified atom stereocenters. The predicted molar refractivity (Wildman–Crippen MR) is 96.9 cm³/mol. The van der Waals surface area contributed by atoms with Crippen molar-refractivity contribution >= 4 is 17.6 Å². The Hall–Kier alpha value is -2.68. The van der Waals surface area contributed by atoms with Crippen LogP contribution in [0, 0.1) is 11.6 Å². The summed E-state index contributed by atoms with van der Waals surface area (Å²) < 4.78 is 38.7. The number of aromatic nitrogens is 2. The van der Waals surface area contributed by atoms with Crippen molar-refractivity contribution in [2.75, 3.05) is 6.61 Å². The molecule has 0 spiro atoms. The van der Waals surface area contributed by atoms with Crippen LogP contribution in [0.5, 0.6) is 11.9 Å². The van der Waals surface area contributed by atoms with Gasteiger partial charge in [0.15, 0.2) is 5.02 Å². The summed E-state index contributed by atoms with van der Waals surface area (Å²) in [6, 6.07) is 2.56. The second-order valence-corrected chi connectivity index (χ2v) is 6.53. The number of carboxylic acid groups (broad SMARTS) is 1. The molecule has 0 aliphatic heterocycles. The summed E-state index contributed by atoms with van der Waals surface area (Å²) in [7, 11) is 0. The fourth-order valence-electron chi connectivity index (χ4n) is 2.30. The molecule has 1 N–H and O–H groups in total. The van der Waals surface area contributed by atoms with Gasteiger partial charge in [-0.1, -0.05) is 11.6 Å². The van der Waals surface area contributed by atoms with Crippen LogP contribution in [-0.2, 0) is 11.4 Å². The largest absolute Gasteiger partial charge is 0.481 e. The summed E-state index contributed by atoms with van der Waals surface area (Å²) in [5, 5.41) is 8.37. The van der Waals surface area contributed by atoms with Crippen molar-refractivity contribution in [2.24, 2.45) is 0 Å². The van der Waals surface area contributed by atoms with E-state index in [1.54, 1.807) is 13.8 Å². The van der Waals surface area contributed by atoms with Crippen molar-refractivity contribution in [2.45, 2.75) is 39.3 Å². The summed E-state index contributed by atoms with van der Waals surface area (Å²) in [4.78, 5) is 27.2. The third kappa shape index (κ3) is 5.41. The van der Waals surface area contributed by atoms with E-state index in [1.165, 1.54) is 10.6 Å². The maximum Gasteiger partial charge on any atom is 0.303 e. The van der Waals surface area contributed by atoms with Gasteiger partial charge in [0.2, 0.25) is 5.88 Å². The number of ether oxygens (including phenoxy) is 2. The van der Waals surface area contributed by atoms with Gasteiger partial charge in [0.1, 0.15) is 18.2 Å². The molecule has 0 fully saturated rings. The van der Waals surface area contributed by atoms with E-state index in [0.29, 0.717) is 6.07 Å². The molecule has 2 aromatic rings. The smallest absolute Gasteiger partial charge is 0.303 e. The highest BCUT2D eigenvalue weighted by Gasteiger charge is 2.20. The Morgan fingerprint density at radius 2 is 2.04 bits per heavy atom. The van der Waals surface area contributed by atoms with Crippen molar-refractivity contribution in [1.29, 1.82) is 0 Å². The van der Waals surface area contributed by atoms with Gasteiger partial charge in [-0.2, -0.15) is 4.98 Å². The topological polar surface area (TPSA) is 90.7 Å². The van der Waals surface area contributed by atoms with Crippen LogP contribution in [0.25, 0.3) is 0 Å². The van der Waals surface area contributed by atoms with Crippen LogP contribution in [0.15, 0.2) is 23.0 Å². The van der Waals surface area contributed by atoms with Gasteiger partial charge >= 0.3 is 12.0 Å². The van der Waals surface area contributed by atoms with Gasteiger partial charge in [0, 0.05) is 24.1 Å². The van der Waals surface area contributed by atoms with E-state index in [9.17, 15) is 18.4 Å². The minimum absolute atomic E-state index is 0.0130. The van der Waals surface area contributed by atoms with Crippen molar-refractivity contribution in [3.63, 3.8) is 0 Å². The Labute approximate surface area is 164 Å². The Morgan fingerprint density at radius 1 is 1.32 bits per heavy atom. The van der Waals surface area contributed by atoms with E-state index in [-0.39, 0.29) is 54.6 Å². The van der Waals surface area contributed by atoms with Crippen LogP contribution in [-0.4, -0.2) is 27.2 Å². The molecule has 0 saturated carbocycles. The quantitative estimate of drug-likeness (QED) is 0.628. The highest BCUT2D eigenvalue weighted by Crippen LogP contribution is 2.25. The average Bonchev–Trinajstić information content (AvgIpc) is 2.61. The number of benzene rings is 1. The molecule has 1 heterocycles. The van der Waals surface area contributed by atoms with E-state index < -0.39 is 23.2 Å². The number of rotatable bonds is 9. The molecule has 0 bridgehead atoms. The second-order valence-electron chi connectivity index (χ2n) is 6.15. The molecule has 0 atom stereocenters. The molecule has 28 heavy (non-hydrogen) atoms. The molecule has 0 amide bonds. The fourth-order valence-corrected chi connectivity index (χ4v) is 2.49. The van der Waals surface area contributed by atoms with Gasteiger partial charge in [-0.25, -0.2) is 8.78 Å². The molecule has 0 radical (unpaired) electrons. The number of hydrogen-bond acceptors (Lipinski definition) is 5. The number of carbonyl (C=O) groups is 1. The van der Waals surface area contributed by atoms with E-state index in [2.05, 4.69) is 4.98 Å². The van der Waals surface area contributed by atoms with Crippen LogP contribution >= 0.6 is 11.6 Å². The highest BCUT2D eigenvalue weighted by molar-refractivity contribution is 6.31. The van der Waals surface area contributed by atoms with Gasteiger partial charge in [-0.05, 0) is 32.4 Å². The standard InChI is InChI=1S/C18H19ClF2N2O5/c1-10(2)23-17(26)15(19)16(22-18(23)27-7-3-4-14(24)25)28-9-11-5-6-12(20)8-13(11)21/h5-6,8,10H,3-4,7,9H2,1-2H3,(H,24,25). The van der Waals surface area contributed by atoms with Crippen LogP contribution in [0.3, 0.4) is 0 Å². The van der Waals surface area contributed by atoms with Gasteiger partial charge in [-0.15, -0.1) is 0 Å². The molecule has 10 heteroatoms. The van der Waals surface area contributed by atoms with E-state index >= 15 is 0 Å². The lowest BCUT2D eigenvalue weighted by molar-refractivity contribution is -0.137. The zero-order valence-electron chi connectivity index (χ0n) is 15.2.